The van der Waals surface area contributed by atoms with Crippen molar-refractivity contribution in [3.05, 3.63) is 28.7 Å². The minimum absolute atomic E-state index is 0.195. The zero-order chi connectivity index (χ0) is 12.0. The third kappa shape index (κ3) is 4.30. The summed E-state index contributed by atoms with van der Waals surface area (Å²) in [5.41, 5.74) is 6.42. The zero-order valence-corrected chi connectivity index (χ0v) is 10.7. The maximum atomic E-state index is 11.6. The first-order valence-electron chi connectivity index (χ1n) is 4.94. The summed E-state index contributed by atoms with van der Waals surface area (Å²) in [5.74, 6) is -0.195. The van der Waals surface area contributed by atoms with Gasteiger partial charge in [0, 0.05) is 23.9 Å². The van der Waals surface area contributed by atoms with Crippen LogP contribution in [-0.2, 0) is 9.53 Å². The molecule has 0 aromatic heterocycles. The highest BCUT2D eigenvalue weighted by Crippen LogP contribution is 2.14. The van der Waals surface area contributed by atoms with Gasteiger partial charge in [0.25, 0.3) is 0 Å². The molecule has 1 rings (SSSR count). The van der Waals surface area contributed by atoms with Gasteiger partial charge in [-0.25, -0.2) is 0 Å². The lowest BCUT2D eigenvalue weighted by atomic mass is 10.2. The van der Waals surface area contributed by atoms with Crippen molar-refractivity contribution in [3.63, 3.8) is 0 Å². The topological polar surface area (TPSA) is 64.3 Å². The molecule has 0 fully saturated rings. The average Bonchev–Trinajstić information content (AvgIpc) is 2.29. The molecule has 0 radical (unpaired) electrons. The number of anilines is 1. The Kier molecular flexibility index (Phi) is 5.45. The number of hydrogen-bond acceptors (Lipinski definition) is 3. The molecule has 16 heavy (non-hydrogen) atoms. The van der Waals surface area contributed by atoms with Crippen molar-refractivity contribution in [2.24, 2.45) is 5.73 Å². The molecule has 1 amide bonds. The van der Waals surface area contributed by atoms with Crippen LogP contribution in [0.25, 0.3) is 0 Å². The molecular formula is C11H15BrN2O2. The van der Waals surface area contributed by atoms with E-state index in [0.717, 1.165) is 10.2 Å². The van der Waals surface area contributed by atoms with E-state index in [1.54, 1.807) is 7.11 Å². The second kappa shape index (κ2) is 6.62. The van der Waals surface area contributed by atoms with E-state index in [9.17, 15) is 4.79 Å². The Balaban J connectivity index is 2.47. The third-order valence-corrected chi connectivity index (χ3v) is 2.61. The van der Waals surface area contributed by atoms with Crippen LogP contribution in [0.5, 0.6) is 0 Å². The number of carbonyl (C=O) groups excluding carboxylic acids is 1. The maximum Gasteiger partial charge on any atom is 0.241 e. The molecule has 5 heteroatoms. The van der Waals surface area contributed by atoms with Crippen LogP contribution < -0.4 is 11.1 Å². The highest BCUT2D eigenvalue weighted by molar-refractivity contribution is 9.10. The number of methoxy groups -OCH3 is 1. The van der Waals surface area contributed by atoms with Crippen LogP contribution in [0.4, 0.5) is 5.69 Å². The number of nitrogens with one attached hydrogen (secondary N) is 1. The van der Waals surface area contributed by atoms with Gasteiger partial charge in [0.2, 0.25) is 5.91 Å². The molecule has 1 aromatic carbocycles. The van der Waals surface area contributed by atoms with Gasteiger partial charge in [0.1, 0.15) is 0 Å². The molecule has 0 heterocycles. The number of hydrogen-bond donors (Lipinski definition) is 2. The molecule has 0 aliphatic heterocycles. The van der Waals surface area contributed by atoms with Gasteiger partial charge in [0.05, 0.1) is 6.04 Å². The number of benzene rings is 1. The molecule has 0 bridgehead atoms. The minimum Gasteiger partial charge on any atom is -0.385 e. The number of nitrogens with two attached hydrogens (primary N) is 1. The molecule has 1 aromatic rings. The minimum atomic E-state index is -0.538. The Morgan fingerprint density at radius 1 is 1.50 bits per heavy atom. The molecule has 0 aliphatic carbocycles. The predicted molar refractivity (Wildman–Crippen MR) is 67.2 cm³/mol. The van der Waals surface area contributed by atoms with Crippen molar-refractivity contribution in [2.45, 2.75) is 12.5 Å². The number of halogens is 1. The molecule has 1 atom stereocenters. The van der Waals surface area contributed by atoms with Gasteiger partial charge < -0.3 is 15.8 Å². The molecule has 3 N–H and O–H groups in total. The summed E-state index contributed by atoms with van der Waals surface area (Å²) in [6.45, 7) is 0.481. The van der Waals surface area contributed by atoms with Gasteiger partial charge in [-0.15, -0.1) is 0 Å². The zero-order valence-electron chi connectivity index (χ0n) is 9.07. The molecule has 4 nitrogen and oxygen atoms in total. The number of ether oxygens (including phenoxy) is 1. The summed E-state index contributed by atoms with van der Waals surface area (Å²) < 4.78 is 5.83. The first-order chi connectivity index (χ1) is 7.63. The summed E-state index contributed by atoms with van der Waals surface area (Å²) >= 11 is 3.32. The molecule has 0 aliphatic rings. The van der Waals surface area contributed by atoms with E-state index in [0.29, 0.717) is 13.0 Å². The fourth-order valence-electron chi connectivity index (χ4n) is 1.14. The van der Waals surface area contributed by atoms with E-state index in [4.69, 9.17) is 10.5 Å². The predicted octanol–water partition coefficient (Wildman–Crippen LogP) is 1.75. The lowest BCUT2D eigenvalue weighted by Crippen LogP contribution is -2.36. The number of amides is 1. The van der Waals surface area contributed by atoms with Crippen LogP contribution in [0.1, 0.15) is 6.42 Å². The molecule has 0 saturated heterocycles. The molecule has 0 spiro atoms. The van der Waals surface area contributed by atoms with Crippen LogP contribution in [0.2, 0.25) is 0 Å². The van der Waals surface area contributed by atoms with Gasteiger partial charge in [-0.3, -0.25) is 4.79 Å². The molecular weight excluding hydrogens is 272 g/mol. The summed E-state index contributed by atoms with van der Waals surface area (Å²) in [4.78, 5) is 11.6. The normalized spacial score (nSPS) is 12.2. The Bertz CT molecular complexity index is 340. The second-order valence-electron chi connectivity index (χ2n) is 3.38. The highest BCUT2D eigenvalue weighted by Gasteiger charge is 2.12. The number of carbonyl (C=O) groups is 1. The van der Waals surface area contributed by atoms with Crippen LogP contribution in [0.15, 0.2) is 28.7 Å². The van der Waals surface area contributed by atoms with Crippen molar-refractivity contribution >= 4 is 27.5 Å². The highest BCUT2D eigenvalue weighted by atomic mass is 79.9. The van der Waals surface area contributed by atoms with Gasteiger partial charge >= 0.3 is 0 Å². The second-order valence-corrected chi connectivity index (χ2v) is 4.30. The van der Waals surface area contributed by atoms with Crippen molar-refractivity contribution < 1.29 is 9.53 Å². The van der Waals surface area contributed by atoms with Crippen LogP contribution in [0, 0.1) is 0 Å². The fraction of sp³-hybridized carbons (Fsp3) is 0.364. The Morgan fingerprint density at radius 2 is 2.12 bits per heavy atom. The summed E-state index contributed by atoms with van der Waals surface area (Å²) in [7, 11) is 1.58. The van der Waals surface area contributed by atoms with Crippen LogP contribution in [-0.4, -0.2) is 25.7 Å². The van der Waals surface area contributed by atoms with Gasteiger partial charge in [-0.1, -0.05) is 15.9 Å². The van der Waals surface area contributed by atoms with E-state index in [1.807, 2.05) is 24.3 Å². The van der Waals surface area contributed by atoms with Crippen molar-refractivity contribution in [2.75, 3.05) is 19.0 Å². The van der Waals surface area contributed by atoms with Crippen molar-refractivity contribution in [1.82, 2.24) is 0 Å². The van der Waals surface area contributed by atoms with Gasteiger partial charge in [0.15, 0.2) is 0 Å². The van der Waals surface area contributed by atoms with E-state index in [-0.39, 0.29) is 5.91 Å². The monoisotopic (exact) mass is 286 g/mol. The Hall–Kier alpha value is -0.910. The standard InChI is InChI=1S/C11H15BrN2O2/c1-16-7-6-10(13)11(15)14-9-4-2-8(12)3-5-9/h2-5,10H,6-7,13H2,1H3,(H,14,15). The van der Waals surface area contributed by atoms with Crippen molar-refractivity contribution in [3.8, 4) is 0 Å². The largest absolute Gasteiger partial charge is 0.385 e. The first kappa shape index (κ1) is 13.2. The molecule has 0 saturated carbocycles. The first-order valence-corrected chi connectivity index (χ1v) is 5.73. The molecule has 88 valence electrons. The van der Waals surface area contributed by atoms with E-state index < -0.39 is 6.04 Å². The number of rotatable bonds is 5. The van der Waals surface area contributed by atoms with E-state index in [2.05, 4.69) is 21.2 Å². The smallest absolute Gasteiger partial charge is 0.241 e. The lowest BCUT2D eigenvalue weighted by Gasteiger charge is -2.11. The SMILES string of the molecule is COCCC(N)C(=O)Nc1ccc(Br)cc1. The maximum absolute atomic E-state index is 11.6. The average molecular weight is 287 g/mol. The lowest BCUT2D eigenvalue weighted by molar-refractivity contribution is -0.117. The van der Waals surface area contributed by atoms with Gasteiger partial charge in [-0.05, 0) is 30.7 Å². The van der Waals surface area contributed by atoms with Crippen molar-refractivity contribution in [1.29, 1.82) is 0 Å². The Morgan fingerprint density at radius 3 is 2.69 bits per heavy atom. The van der Waals surface area contributed by atoms with Crippen LogP contribution >= 0.6 is 15.9 Å². The third-order valence-electron chi connectivity index (χ3n) is 2.08. The van der Waals surface area contributed by atoms with E-state index in [1.165, 1.54) is 0 Å². The fourth-order valence-corrected chi connectivity index (χ4v) is 1.41. The molecule has 1 unspecified atom stereocenters. The summed E-state index contributed by atoms with van der Waals surface area (Å²) in [5, 5.41) is 2.74. The Labute approximate surface area is 103 Å². The van der Waals surface area contributed by atoms with Gasteiger partial charge in [-0.2, -0.15) is 0 Å². The van der Waals surface area contributed by atoms with E-state index >= 15 is 0 Å². The van der Waals surface area contributed by atoms with Crippen LogP contribution in [0.3, 0.4) is 0 Å². The summed E-state index contributed by atoms with van der Waals surface area (Å²) in [6, 6.07) is 6.80. The quantitative estimate of drug-likeness (QED) is 0.867. The summed E-state index contributed by atoms with van der Waals surface area (Å²) in [6.07, 6.45) is 0.513.